The number of hydrogen-bond acceptors (Lipinski definition) is 7. The predicted molar refractivity (Wildman–Crippen MR) is 113 cm³/mol. The van der Waals surface area contributed by atoms with Crippen molar-refractivity contribution in [1.29, 1.82) is 0 Å². The number of hydrogen-bond donors (Lipinski definition) is 1. The summed E-state index contributed by atoms with van der Waals surface area (Å²) >= 11 is 0. The summed E-state index contributed by atoms with van der Waals surface area (Å²) in [5.74, 6) is 0.237. The zero-order valence-electron chi connectivity index (χ0n) is 17.5. The monoisotopic (exact) mass is 424 g/mol. The standard InChI is InChI=1S/C23H24N2O6/c1-28-19-11-15(17(12-20(19)29-2)25-22(26)14-7-3-4-8-14)23(27)30-13-21-24-16-9-5-6-10-18(16)31-21/h5-6,9-12,14H,3-4,7-8,13H2,1-2H3,(H,25,26). The molecule has 1 heterocycles. The highest BCUT2D eigenvalue weighted by atomic mass is 16.5. The van der Waals surface area contributed by atoms with E-state index in [2.05, 4.69) is 10.3 Å². The van der Waals surface area contributed by atoms with E-state index in [-0.39, 0.29) is 29.9 Å². The van der Waals surface area contributed by atoms with E-state index in [0.717, 1.165) is 25.7 Å². The van der Waals surface area contributed by atoms with E-state index in [1.54, 1.807) is 12.1 Å². The Morgan fingerprint density at radius 3 is 2.52 bits per heavy atom. The molecule has 162 valence electrons. The number of fused-ring (bicyclic) bond motifs is 1. The van der Waals surface area contributed by atoms with E-state index in [4.69, 9.17) is 18.6 Å². The van der Waals surface area contributed by atoms with Crippen molar-refractivity contribution < 1.29 is 28.2 Å². The van der Waals surface area contributed by atoms with Crippen LogP contribution in [-0.2, 0) is 16.1 Å². The van der Waals surface area contributed by atoms with E-state index in [1.807, 2.05) is 18.2 Å². The van der Waals surface area contributed by atoms with Crippen LogP contribution in [0.2, 0.25) is 0 Å². The molecule has 1 fully saturated rings. The lowest BCUT2D eigenvalue weighted by molar-refractivity contribution is -0.119. The minimum absolute atomic E-state index is 0.0586. The molecule has 2 aromatic carbocycles. The van der Waals surface area contributed by atoms with Crippen LogP contribution in [0, 0.1) is 5.92 Å². The molecule has 1 saturated carbocycles. The Bertz CT molecular complexity index is 1070. The van der Waals surface area contributed by atoms with E-state index < -0.39 is 5.97 Å². The summed E-state index contributed by atoms with van der Waals surface area (Å²) < 4.78 is 21.7. The molecule has 8 nitrogen and oxygen atoms in total. The lowest BCUT2D eigenvalue weighted by Crippen LogP contribution is -2.22. The van der Waals surface area contributed by atoms with Crippen molar-refractivity contribution in [3.8, 4) is 11.5 Å². The van der Waals surface area contributed by atoms with Gasteiger partial charge in [-0.15, -0.1) is 0 Å². The molecule has 8 heteroatoms. The SMILES string of the molecule is COc1cc(NC(=O)C2CCCC2)c(C(=O)OCc2nc3ccccc3o2)cc1OC. The molecule has 0 saturated heterocycles. The number of oxazole rings is 1. The van der Waals surface area contributed by atoms with Gasteiger partial charge in [-0.1, -0.05) is 25.0 Å². The van der Waals surface area contributed by atoms with Gasteiger partial charge in [0.15, 0.2) is 23.7 Å². The van der Waals surface area contributed by atoms with E-state index in [0.29, 0.717) is 28.3 Å². The number of methoxy groups -OCH3 is 2. The summed E-state index contributed by atoms with van der Waals surface area (Å²) in [6.45, 7) is -0.141. The van der Waals surface area contributed by atoms with Gasteiger partial charge >= 0.3 is 5.97 Å². The fourth-order valence-electron chi connectivity index (χ4n) is 3.76. The second kappa shape index (κ2) is 9.07. The van der Waals surface area contributed by atoms with Gasteiger partial charge < -0.3 is 23.9 Å². The largest absolute Gasteiger partial charge is 0.493 e. The Labute approximate surface area is 179 Å². The first-order chi connectivity index (χ1) is 15.1. The molecule has 0 radical (unpaired) electrons. The number of ether oxygens (including phenoxy) is 3. The number of aromatic nitrogens is 1. The smallest absolute Gasteiger partial charge is 0.340 e. The van der Waals surface area contributed by atoms with Gasteiger partial charge in [-0.25, -0.2) is 9.78 Å². The molecule has 1 N–H and O–H groups in total. The normalized spacial score (nSPS) is 13.9. The van der Waals surface area contributed by atoms with Gasteiger partial charge in [-0.05, 0) is 25.0 Å². The Kier molecular flexibility index (Phi) is 6.06. The topological polar surface area (TPSA) is 99.9 Å². The van der Waals surface area contributed by atoms with E-state index in [9.17, 15) is 9.59 Å². The number of para-hydroxylation sites is 2. The maximum absolute atomic E-state index is 12.9. The Hall–Kier alpha value is -3.55. The number of anilines is 1. The quantitative estimate of drug-likeness (QED) is 0.564. The van der Waals surface area contributed by atoms with Crippen LogP contribution in [0.25, 0.3) is 11.1 Å². The van der Waals surface area contributed by atoms with Crippen LogP contribution < -0.4 is 14.8 Å². The van der Waals surface area contributed by atoms with Crippen LogP contribution in [-0.4, -0.2) is 31.1 Å². The maximum Gasteiger partial charge on any atom is 0.340 e. The number of rotatable bonds is 7. The van der Waals surface area contributed by atoms with Gasteiger partial charge in [0.2, 0.25) is 11.8 Å². The zero-order chi connectivity index (χ0) is 21.8. The Balaban J connectivity index is 1.56. The van der Waals surface area contributed by atoms with Crippen LogP contribution in [0.5, 0.6) is 11.5 Å². The highest BCUT2D eigenvalue weighted by molar-refractivity contribution is 6.02. The fraction of sp³-hybridized carbons (Fsp3) is 0.348. The molecule has 1 amide bonds. The first-order valence-electron chi connectivity index (χ1n) is 10.2. The minimum atomic E-state index is -0.634. The van der Waals surface area contributed by atoms with Crippen molar-refractivity contribution in [2.75, 3.05) is 19.5 Å². The summed E-state index contributed by atoms with van der Waals surface area (Å²) in [4.78, 5) is 29.9. The van der Waals surface area contributed by atoms with Gasteiger partial charge in [0.25, 0.3) is 0 Å². The number of carbonyl (C=O) groups is 2. The molecule has 1 aliphatic carbocycles. The number of carbonyl (C=O) groups excluding carboxylic acids is 2. The highest BCUT2D eigenvalue weighted by Crippen LogP contribution is 2.35. The van der Waals surface area contributed by atoms with Crippen LogP contribution >= 0.6 is 0 Å². The lowest BCUT2D eigenvalue weighted by Gasteiger charge is -2.16. The van der Waals surface area contributed by atoms with Crippen LogP contribution in [0.15, 0.2) is 40.8 Å². The molecule has 4 rings (SSSR count). The Morgan fingerprint density at radius 2 is 1.81 bits per heavy atom. The van der Waals surface area contributed by atoms with Crippen molar-refractivity contribution in [2.45, 2.75) is 32.3 Å². The first kappa shape index (κ1) is 20.7. The van der Waals surface area contributed by atoms with Gasteiger partial charge in [0, 0.05) is 18.1 Å². The molecular formula is C23H24N2O6. The van der Waals surface area contributed by atoms with E-state index in [1.165, 1.54) is 20.3 Å². The third-order valence-electron chi connectivity index (χ3n) is 5.39. The van der Waals surface area contributed by atoms with Gasteiger partial charge in [0.1, 0.15) is 5.52 Å². The summed E-state index contributed by atoms with van der Waals surface area (Å²) in [7, 11) is 2.97. The number of nitrogens with zero attached hydrogens (tertiary/aromatic N) is 1. The lowest BCUT2D eigenvalue weighted by atomic mass is 10.1. The fourth-order valence-corrected chi connectivity index (χ4v) is 3.76. The third kappa shape index (κ3) is 4.47. The minimum Gasteiger partial charge on any atom is -0.493 e. The predicted octanol–water partition coefficient (Wildman–Crippen LogP) is 4.33. The second-order valence-corrected chi connectivity index (χ2v) is 7.37. The molecule has 1 aliphatic rings. The zero-order valence-corrected chi connectivity index (χ0v) is 17.5. The third-order valence-corrected chi connectivity index (χ3v) is 5.39. The Morgan fingerprint density at radius 1 is 1.10 bits per heavy atom. The van der Waals surface area contributed by atoms with Crippen molar-refractivity contribution in [1.82, 2.24) is 4.98 Å². The molecule has 0 bridgehead atoms. The average molecular weight is 424 g/mol. The molecule has 0 unspecified atom stereocenters. The summed E-state index contributed by atoms with van der Waals surface area (Å²) in [6, 6.07) is 10.4. The molecular weight excluding hydrogens is 400 g/mol. The van der Waals surface area contributed by atoms with Gasteiger partial charge in [-0.3, -0.25) is 4.79 Å². The summed E-state index contributed by atoms with van der Waals surface area (Å²) in [6.07, 6.45) is 3.75. The number of esters is 1. The van der Waals surface area contributed by atoms with Gasteiger partial charge in [-0.2, -0.15) is 0 Å². The molecule has 0 spiro atoms. The second-order valence-electron chi connectivity index (χ2n) is 7.37. The van der Waals surface area contributed by atoms with Crippen molar-refractivity contribution >= 4 is 28.7 Å². The number of benzene rings is 2. The molecule has 0 atom stereocenters. The van der Waals surface area contributed by atoms with Crippen molar-refractivity contribution in [2.24, 2.45) is 5.92 Å². The first-order valence-corrected chi connectivity index (χ1v) is 10.2. The number of nitrogens with one attached hydrogen (secondary N) is 1. The number of amides is 1. The van der Waals surface area contributed by atoms with Crippen molar-refractivity contribution in [3.63, 3.8) is 0 Å². The van der Waals surface area contributed by atoms with Crippen LogP contribution in [0.4, 0.5) is 5.69 Å². The average Bonchev–Trinajstić information content (AvgIpc) is 3.46. The van der Waals surface area contributed by atoms with Gasteiger partial charge in [0.05, 0.1) is 25.5 Å². The summed E-state index contributed by atoms with van der Waals surface area (Å²) in [5, 5.41) is 2.86. The highest BCUT2D eigenvalue weighted by Gasteiger charge is 2.26. The van der Waals surface area contributed by atoms with Crippen molar-refractivity contribution in [3.05, 3.63) is 47.9 Å². The van der Waals surface area contributed by atoms with E-state index >= 15 is 0 Å². The van der Waals surface area contributed by atoms with Crippen LogP contribution in [0.3, 0.4) is 0 Å². The van der Waals surface area contributed by atoms with Crippen LogP contribution in [0.1, 0.15) is 41.9 Å². The maximum atomic E-state index is 12.9. The molecule has 3 aromatic rings. The molecule has 0 aliphatic heterocycles. The molecule has 1 aromatic heterocycles. The summed E-state index contributed by atoms with van der Waals surface area (Å²) in [5.41, 5.74) is 1.78. The molecule has 31 heavy (non-hydrogen) atoms.